The number of hydrogen-bond donors (Lipinski definition) is 2. The molecule has 0 spiro atoms. The summed E-state index contributed by atoms with van der Waals surface area (Å²) in [5.41, 5.74) is -0.201. The van der Waals surface area contributed by atoms with E-state index in [1.54, 1.807) is 6.07 Å². The minimum absolute atomic E-state index is 0.147. The summed E-state index contributed by atoms with van der Waals surface area (Å²) in [5.74, 6) is 2.06. The molecule has 5 heteroatoms. The Morgan fingerprint density at radius 2 is 2.18 bits per heavy atom. The van der Waals surface area contributed by atoms with Crippen molar-refractivity contribution < 1.29 is 5.11 Å². The lowest BCUT2D eigenvalue weighted by Gasteiger charge is -2.26. The molecule has 1 heterocycles. The first-order valence-corrected chi connectivity index (χ1v) is 6.31. The molecule has 0 aliphatic heterocycles. The number of halogens is 1. The van der Waals surface area contributed by atoms with Gasteiger partial charge in [-0.05, 0) is 33.1 Å². The minimum atomic E-state index is -0.201. The highest BCUT2D eigenvalue weighted by molar-refractivity contribution is 6.29. The van der Waals surface area contributed by atoms with Crippen molar-refractivity contribution in [3.05, 3.63) is 17.0 Å². The fraction of sp³-hybridized carbons (Fsp3) is 0.667. The Kier molecular flexibility index (Phi) is 3.54. The molecule has 1 aliphatic carbocycles. The van der Waals surface area contributed by atoms with Gasteiger partial charge in [0.05, 0.1) is 0 Å². The molecule has 0 atom stereocenters. The van der Waals surface area contributed by atoms with Gasteiger partial charge in [-0.25, -0.2) is 9.97 Å². The molecule has 1 aromatic rings. The molecule has 0 aromatic carbocycles. The number of aliphatic hydroxyl groups excluding tert-OH is 1. The summed E-state index contributed by atoms with van der Waals surface area (Å²) < 4.78 is 0. The van der Waals surface area contributed by atoms with E-state index in [0.29, 0.717) is 17.5 Å². The molecule has 94 valence electrons. The zero-order chi connectivity index (χ0) is 12.5. The zero-order valence-electron chi connectivity index (χ0n) is 10.2. The van der Waals surface area contributed by atoms with Gasteiger partial charge in [0.1, 0.15) is 16.8 Å². The third-order valence-electron chi connectivity index (χ3n) is 2.86. The number of nitrogens with one attached hydrogen (secondary N) is 1. The van der Waals surface area contributed by atoms with Crippen molar-refractivity contribution in [2.75, 3.05) is 11.9 Å². The highest BCUT2D eigenvalue weighted by Gasteiger charge is 2.28. The van der Waals surface area contributed by atoms with Gasteiger partial charge in [-0.2, -0.15) is 0 Å². The normalized spacial score (nSPS) is 16.0. The Hall–Kier alpha value is -0.870. The van der Waals surface area contributed by atoms with Gasteiger partial charge in [0, 0.05) is 24.1 Å². The van der Waals surface area contributed by atoms with Crippen LogP contribution < -0.4 is 5.32 Å². The van der Waals surface area contributed by atoms with Crippen LogP contribution in [-0.2, 0) is 0 Å². The van der Waals surface area contributed by atoms with Crippen LogP contribution in [0.15, 0.2) is 6.07 Å². The van der Waals surface area contributed by atoms with Gasteiger partial charge in [-0.1, -0.05) is 11.6 Å². The van der Waals surface area contributed by atoms with Gasteiger partial charge in [-0.15, -0.1) is 0 Å². The van der Waals surface area contributed by atoms with Crippen LogP contribution >= 0.6 is 11.6 Å². The van der Waals surface area contributed by atoms with E-state index in [1.807, 2.05) is 13.8 Å². The van der Waals surface area contributed by atoms with Crippen LogP contribution in [0.4, 0.5) is 5.82 Å². The van der Waals surface area contributed by atoms with Crippen LogP contribution in [0.5, 0.6) is 0 Å². The first-order valence-electron chi connectivity index (χ1n) is 5.94. The van der Waals surface area contributed by atoms with Crippen molar-refractivity contribution in [3.8, 4) is 0 Å². The summed E-state index contributed by atoms with van der Waals surface area (Å²) in [4.78, 5) is 8.71. The Morgan fingerprint density at radius 3 is 2.76 bits per heavy atom. The number of aromatic nitrogens is 2. The first kappa shape index (κ1) is 12.6. The molecule has 1 aromatic heterocycles. The van der Waals surface area contributed by atoms with Crippen molar-refractivity contribution in [2.24, 2.45) is 0 Å². The molecule has 0 amide bonds. The lowest BCUT2D eigenvalue weighted by atomic mass is 10.0. The molecular weight excluding hydrogens is 238 g/mol. The monoisotopic (exact) mass is 255 g/mol. The SMILES string of the molecule is CC(C)(CCO)Nc1cc(Cl)nc(C2CC2)n1. The van der Waals surface area contributed by atoms with E-state index < -0.39 is 0 Å². The van der Waals surface area contributed by atoms with Gasteiger partial charge in [0.15, 0.2) is 0 Å². The highest BCUT2D eigenvalue weighted by Crippen LogP contribution is 2.38. The van der Waals surface area contributed by atoms with Gasteiger partial charge < -0.3 is 10.4 Å². The molecule has 17 heavy (non-hydrogen) atoms. The second-order valence-corrected chi connectivity index (χ2v) is 5.58. The molecule has 0 radical (unpaired) electrons. The molecule has 4 nitrogen and oxygen atoms in total. The number of rotatable bonds is 5. The van der Waals surface area contributed by atoms with Gasteiger partial charge >= 0.3 is 0 Å². The standard InChI is InChI=1S/C12H18ClN3O/c1-12(2,5-6-17)16-10-7-9(13)14-11(15-10)8-3-4-8/h7-8,17H,3-6H2,1-2H3,(H,14,15,16). The van der Waals surface area contributed by atoms with E-state index in [2.05, 4.69) is 15.3 Å². The topological polar surface area (TPSA) is 58.0 Å². The molecule has 0 unspecified atom stereocenters. The third-order valence-corrected chi connectivity index (χ3v) is 3.05. The van der Waals surface area contributed by atoms with Crippen LogP contribution in [0, 0.1) is 0 Å². The average molecular weight is 256 g/mol. The van der Waals surface area contributed by atoms with E-state index in [0.717, 1.165) is 24.5 Å². The van der Waals surface area contributed by atoms with Crippen LogP contribution in [0.3, 0.4) is 0 Å². The predicted molar refractivity (Wildman–Crippen MR) is 68.4 cm³/mol. The van der Waals surface area contributed by atoms with E-state index in [-0.39, 0.29) is 12.1 Å². The van der Waals surface area contributed by atoms with Crippen LogP contribution in [0.1, 0.15) is 44.9 Å². The zero-order valence-corrected chi connectivity index (χ0v) is 11.0. The lowest BCUT2D eigenvalue weighted by molar-refractivity contribution is 0.260. The Labute approximate surface area is 106 Å². The number of anilines is 1. The van der Waals surface area contributed by atoms with Crippen molar-refractivity contribution in [3.63, 3.8) is 0 Å². The van der Waals surface area contributed by atoms with E-state index in [9.17, 15) is 0 Å². The summed E-state index contributed by atoms with van der Waals surface area (Å²) in [5, 5.41) is 12.8. The van der Waals surface area contributed by atoms with Gasteiger partial charge in [0.25, 0.3) is 0 Å². The second kappa shape index (κ2) is 4.78. The summed E-state index contributed by atoms with van der Waals surface area (Å²) in [7, 11) is 0. The molecule has 1 saturated carbocycles. The summed E-state index contributed by atoms with van der Waals surface area (Å²) >= 11 is 5.99. The summed E-state index contributed by atoms with van der Waals surface area (Å²) in [6, 6.07) is 1.73. The summed E-state index contributed by atoms with van der Waals surface area (Å²) in [6.07, 6.45) is 2.97. The maximum absolute atomic E-state index is 8.99. The molecule has 0 bridgehead atoms. The molecule has 0 saturated heterocycles. The Morgan fingerprint density at radius 1 is 1.47 bits per heavy atom. The fourth-order valence-electron chi connectivity index (χ4n) is 1.71. The number of aliphatic hydroxyl groups is 1. The predicted octanol–water partition coefficient (Wildman–Crippen LogP) is 2.58. The molecule has 2 N–H and O–H groups in total. The van der Waals surface area contributed by atoms with Crippen LogP contribution in [0.2, 0.25) is 5.15 Å². The quantitative estimate of drug-likeness (QED) is 0.794. The summed E-state index contributed by atoms with van der Waals surface area (Å²) in [6.45, 7) is 4.19. The second-order valence-electron chi connectivity index (χ2n) is 5.19. The number of nitrogens with zero attached hydrogens (tertiary/aromatic N) is 2. The Balaban J connectivity index is 2.14. The molecule has 1 aliphatic rings. The van der Waals surface area contributed by atoms with E-state index in [1.165, 1.54) is 0 Å². The van der Waals surface area contributed by atoms with Crippen molar-refractivity contribution in [2.45, 2.75) is 44.6 Å². The first-order chi connectivity index (χ1) is 8.00. The van der Waals surface area contributed by atoms with E-state index >= 15 is 0 Å². The van der Waals surface area contributed by atoms with Crippen molar-refractivity contribution >= 4 is 17.4 Å². The largest absolute Gasteiger partial charge is 0.396 e. The number of hydrogen-bond acceptors (Lipinski definition) is 4. The third kappa shape index (κ3) is 3.54. The highest BCUT2D eigenvalue weighted by atomic mass is 35.5. The average Bonchev–Trinajstić information content (AvgIpc) is 2.97. The fourth-order valence-corrected chi connectivity index (χ4v) is 1.90. The van der Waals surface area contributed by atoms with Gasteiger partial charge in [0.2, 0.25) is 0 Å². The minimum Gasteiger partial charge on any atom is -0.396 e. The van der Waals surface area contributed by atoms with E-state index in [4.69, 9.17) is 16.7 Å². The molecule has 2 rings (SSSR count). The van der Waals surface area contributed by atoms with Gasteiger partial charge in [-0.3, -0.25) is 0 Å². The lowest BCUT2D eigenvalue weighted by Crippen LogP contribution is -2.32. The maximum Gasteiger partial charge on any atom is 0.135 e. The van der Waals surface area contributed by atoms with Crippen LogP contribution in [0.25, 0.3) is 0 Å². The van der Waals surface area contributed by atoms with Crippen molar-refractivity contribution in [1.82, 2.24) is 9.97 Å². The van der Waals surface area contributed by atoms with Crippen molar-refractivity contribution in [1.29, 1.82) is 0 Å². The maximum atomic E-state index is 8.99. The molecule has 1 fully saturated rings. The Bertz CT molecular complexity index is 405. The van der Waals surface area contributed by atoms with Crippen LogP contribution in [-0.4, -0.2) is 27.2 Å². The molecular formula is C12H18ClN3O. The smallest absolute Gasteiger partial charge is 0.135 e.